The van der Waals surface area contributed by atoms with Crippen molar-refractivity contribution in [3.8, 4) is 0 Å². The first-order valence-electron chi connectivity index (χ1n) is 8.85. The zero-order valence-electron chi connectivity index (χ0n) is 14.9. The van der Waals surface area contributed by atoms with Crippen molar-refractivity contribution in [1.29, 1.82) is 0 Å². The van der Waals surface area contributed by atoms with Gasteiger partial charge in [0.25, 0.3) is 0 Å². The van der Waals surface area contributed by atoms with Crippen LogP contribution in [0.3, 0.4) is 0 Å². The van der Waals surface area contributed by atoms with Gasteiger partial charge in [0.05, 0.1) is 6.04 Å². The van der Waals surface area contributed by atoms with Gasteiger partial charge in [-0.1, -0.05) is 11.2 Å². The molecule has 0 amide bonds. The predicted octanol–water partition coefficient (Wildman–Crippen LogP) is 2.33. The van der Waals surface area contributed by atoms with Gasteiger partial charge in [-0.25, -0.2) is 4.99 Å². The Kier molecular flexibility index (Phi) is 6.41. The van der Waals surface area contributed by atoms with Crippen molar-refractivity contribution in [2.75, 3.05) is 26.2 Å². The second kappa shape index (κ2) is 8.96. The highest BCUT2D eigenvalue weighted by Gasteiger charge is 2.24. The fourth-order valence-electron chi connectivity index (χ4n) is 3.03. The average molecular weight is 363 g/mol. The van der Waals surface area contributed by atoms with Crippen LogP contribution >= 0.6 is 11.3 Å². The molecule has 2 aromatic heterocycles. The van der Waals surface area contributed by atoms with E-state index in [0.29, 0.717) is 24.3 Å². The number of hydrogen-bond acceptors (Lipinski definition) is 6. The Balaban J connectivity index is 1.63. The summed E-state index contributed by atoms with van der Waals surface area (Å²) in [7, 11) is 0. The van der Waals surface area contributed by atoms with Gasteiger partial charge >= 0.3 is 0 Å². The van der Waals surface area contributed by atoms with Crippen LogP contribution in [0.1, 0.15) is 42.4 Å². The SMILES string of the molecule is CCNC(=NCc1nc(C)no1)NCC(c1cccs1)N1CCCC1. The number of nitrogens with zero attached hydrogens (tertiary/aromatic N) is 4. The number of nitrogens with one attached hydrogen (secondary N) is 2. The van der Waals surface area contributed by atoms with Crippen molar-refractivity contribution in [3.05, 3.63) is 34.1 Å². The van der Waals surface area contributed by atoms with Crippen LogP contribution in [0.15, 0.2) is 27.0 Å². The second-order valence-corrected chi connectivity index (χ2v) is 7.06. The second-order valence-electron chi connectivity index (χ2n) is 6.09. The summed E-state index contributed by atoms with van der Waals surface area (Å²) in [5, 5.41) is 12.7. The minimum atomic E-state index is 0.379. The van der Waals surface area contributed by atoms with Gasteiger partial charge in [0.15, 0.2) is 11.8 Å². The first-order chi connectivity index (χ1) is 12.3. The maximum Gasteiger partial charge on any atom is 0.248 e. The van der Waals surface area contributed by atoms with Crippen LogP contribution in [-0.4, -0.2) is 47.2 Å². The van der Waals surface area contributed by atoms with Gasteiger partial charge in [-0.3, -0.25) is 4.90 Å². The van der Waals surface area contributed by atoms with Gasteiger partial charge < -0.3 is 15.2 Å². The molecular formula is C17H26N6OS. The van der Waals surface area contributed by atoms with E-state index in [1.165, 1.54) is 30.8 Å². The summed E-state index contributed by atoms with van der Waals surface area (Å²) in [6.07, 6.45) is 2.57. The molecule has 25 heavy (non-hydrogen) atoms. The van der Waals surface area contributed by atoms with Gasteiger partial charge in [0, 0.05) is 18.0 Å². The maximum atomic E-state index is 5.13. The molecular weight excluding hydrogens is 336 g/mol. The summed E-state index contributed by atoms with van der Waals surface area (Å²) in [5.41, 5.74) is 0. The highest BCUT2D eigenvalue weighted by atomic mass is 32.1. The number of likely N-dealkylation sites (tertiary alicyclic amines) is 1. The molecule has 0 spiro atoms. The van der Waals surface area contributed by atoms with Crippen LogP contribution in [0.4, 0.5) is 0 Å². The summed E-state index contributed by atoms with van der Waals surface area (Å²) in [6.45, 7) is 8.21. The van der Waals surface area contributed by atoms with Crippen molar-refractivity contribution in [1.82, 2.24) is 25.7 Å². The number of aromatic nitrogens is 2. The molecule has 2 aromatic rings. The molecule has 2 N–H and O–H groups in total. The van der Waals surface area contributed by atoms with E-state index in [1.807, 2.05) is 18.3 Å². The van der Waals surface area contributed by atoms with Crippen molar-refractivity contribution in [2.24, 2.45) is 4.99 Å². The lowest BCUT2D eigenvalue weighted by Crippen LogP contribution is -2.42. The third-order valence-electron chi connectivity index (χ3n) is 4.20. The van der Waals surface area contributed by atoms with E-state index in [0.717, 1.165) is 19.0 Å². The van der Waals surface area contributed by atoms with E-state index in [-0.39, 0.29) is 0 Å². The largest absolute Gasteiger partial charge is 0.357 e. The zero-order chi connectivity index (χ0) is 17.5. The van der Waals surface area contributed by atoms with E-state index >= 15 is 0 Å². The highest BCUT2D eigenvalue weighted by Crippen LogP contribution is 2.27. The lowest BCUT2D eigenvalue weighted by atomic mass is 10.2. The molecule has 1 unspecified atom stereocenters. The van der Waals surface area contributed by atoms with Crippen molar-refractivity contribution < 1.29 is 4.52 Å². The van der Waals surface area contributed by atoms with Crippen LogP contribution in [-0.2, 0) is 6.54 Å². The van der Waals surface area contributed by atoms with Crippen molar-refractivity contribution in [2.45, 2.75) is 39.3 Å². The summed E-state index contributed by atoms with van der Waals surface area (Å²) >= 11 is 1.82. The Morgan fingerprint density at radius 3 is 2.88 bits per heavy atom. The van der Waals surface area contributed by atoms with E-state index in [2.05, 4.69) is 55.1 Å². The topological polar surface area (TPSA) is 78.6 Å². The Labute approximate surface area is 152 Å². The van der Waals surface area contributed by atoms with E-state index in [4.69, 9.17) is 4.52 Å². The van der Waals surface area contributed by atoms with Gasteiger partial charge in [-0.05, 0) is 51.2 Å². The molecule has 1 aliphatic heterocycles. The third kappa shape index (κ3) is 5.02. The number of thiophene rings is 1. The van der Waals surface area contributed by atoms with Crippen molar-refractivity contribution >= 4 is 17.3 Å². The normalized spacial score (nSPS) is 17.0. The number of aryl methyl sites for hydroxylation is 1. The molecule has 1 aliphatic rings. The van der Waals surface area contributed by atoms with Gasteiger partial charge in [0.1, 0.15) is 6.54 Å². The average Bonchev–Trinajstić information content (AvgIpc) is 3.36. The van der Waals surface area contributed by atoms with Crippen LogP contribution < -0.4 is 10.6 Å². The number of hydrogen-bond donors (Lipinski definition) is 2. The molecule has 0 bridgehead atoms. The molecule has 0 radical (unpaired) electrons. The van der Waals surface area contributed by atoms with Crippen LogP contribution in [0.25, 0.3) is 0 Å². The quantitative estimate of drug-likeness (QED) is 0.581. The van der Waals surface area contributed by atoms with Crippen LogP contribution in [0, 0.1) is 6.92 Å². The number of guanidine groups is 1. The molecule has 136 valence electrons. The molecule has 1 saturated heterocycles. The zero-order valence-corrected chi connectivity index (χ0v) is 15.7. The lowest BCUT2D eigenvalue weighted by Gasteiger charge is -2.27. The minimum Gasteiger partial charge on any atom is -0.357 e. The van der Waals surface area contributed by atoms with Crippen LogP contribution in [0.2, 0.25) is 0 Å². The molecule has 1 fully saturated rings. The Bertz CT molecular complexity index is 662. The molecule has 0 aromatic carbocycles. The summed E-state index contributed by atoms with van der Waals surface area (Å²) in [4.78, 5) is 12.7. The maximum absolute atomic E-state index is 5.13. The minimum absolute atomic E-state index is 0.379. The Morgan fingerprint density at radius 2 is 2.24 bits per heavy atom. The summed E-state index contributed by atoms with van der Waals surface area (Å²) in [5.74, 6) is 1.94. The summed E-state index contributed by atoms with van der Waals surface area (Å²) < 4.78 is 5.13. The molecule has 3 rings (SSSR count). The summed E-state index contributed by atoms with van der Waals surface area (Å²) in [6, 6.07) is 4.73. The smallest absolute Gasteiger partial charge is 0.248 e. The molecule has 7 nitrogen and oxygen atoms in total. The molecule has 0 aliphatic carbocycles. The first-order valence-corrected chi connectivity index (χ1v) is 9.73. The van der Waals surface area contributed by atoms with E-state index in [1.54, 1.807) is 0 Å². The predicted molar refractivity (Wildman–Crippen MR) is 99.7 cm³/mol. The Hall–Kier alpha value is -1.93. The van der Waals surface area contributed by atoms with Gasteiger partial charge in [0.2, 0.25) is 5.89 Å². The number of rotatable bonds is 7. The van der Waals surface area contributed by atoms with Gasteiger partial charge in [-0.2, -0.15) is 4.98 Å². The Morgan fingerprint density at radius 1 is 1.40 bits per heavy atom. The first kappa shape index (κ1) is 17.9. The standard InChI is InChI=1S/C17H26N6OS/c1-3-18-17(20-12-16-21-13(2)22-24-16)19-11-14(15-7-6-10-25-15)23-8-4-5-9-23/h6-7,10,14H,3-5,8-9,11-12H2,1-2H3,(H2,18,19,20). The van der Waals surface area contributed by atoms with E-state index < -0.39 is 0 Å². The fraction of sp³-hybridized carbons (Fsp3) is 0.588. The van der Waals surface area contributed by atoms with Crippen molar-refractivity contribution in [3.63, 3.8) is 0 Å². The fourth-order valence-corrected chi connectivity index (χ4v) is 3.89. The molecule has 3 heterocycles. The monoisotopic (exact) mass is 362 g/mol. The molecule has 1 atom stereocenters. The van der Waals surface area contributed by atoms with Crippen LogP contribution in [0.5, 0.6) is 0 Å². The molecule has 0 saturated carbocycles. The third-order valence-corrected chi connectivity index (χ3v) is 5.18. The highest BCUT2D eigenvalue weighted by molar-refractivity contribution is 7.10. The number of aliphatic imine (C=N–C) groups is 1. The van der Waals surface area contributed by atoms with Gasteiger partial charge in [-0.15, -0.1) is 11.3 Å². The lowest BCUT2D eigenvalue weighted by molar-refractivity contribution is 0.249. The van der Waals surface area contributed by atoms with E-state index in [9.17, 15) is 0 Å². The molecule has 8 heteroatoms.